The normalized spacial score (nSPS) is 23.2. The van der Waals surface area contributed by atoms with Crippen LogP contribution < -0.4 is 15.5 Å². The van der Waals surface area contributed by atoms with Gasteiger partial charge in [-0.05, 0) is 36.2 Å². The molecule has 1 aromatic carbocycles. The molecule has 3 atom stereocenters. The molecule has 0 unspecified atom stereocenters. The van der Waals surface area contributed by atoms with Crippen molar-refractivity contribution in [2.45, 2.75) is 19.4 Å². The lowest BCUT2D eigenvalue weighted by atomic mass is 9.93. The number of carbonyl (C=O) groups is 1. The van der Waals surface area contributed by atoms with E-state index in [-0.39, 0.29) is 29.5 Å². The Kier molecular flexibility index (Phi) is 4.61. The third-order valence-electron chi connectivity index (χ3n) is 5.20. The number of hydrogen-bond acceptors (Lipinski definition) is 4. The van der Waals surface area contributed by atoms with E-state index in [1.165, 1.54) is 18.8 Å². The highest BCUT2D eigenvalue weighted by Crippen LogP contribution is 2.42. The van der Waals surface area contributed by atoms with Crippen LogP contribution in [-0.2, 0) is 6.61 Å². The predicted octanol–water partition coefficient (Wildman–Crippen LogP) is 3.16. The first-order valence-electron chi connectivity index (χ1n) is 8.95. The second-order valence-electron chi connectivity index (χ2n) is 7.00. The summed E-state index contributed by atoms with van der Waals surface area (Å²) in [6, 6.07) is 10.7. The average Bonchev–Trinajstić information content (AvgIpc) is 3.29. The second-order valence-corrected chi connectivity index (χ2v) is 7.00. The smallest absolute Gasteiger partial charge is 0.287 e. The van der Waals surface area contributed by atoms with Crippen molar-refractivity contribution in [2.24, 2.45) is 17.8 Å². The van der Waals surface area contributed by atoms with Gasteiger partial charge in [-0.25, -0.2) is 0 Å². The van der Waals surface area contributed by atoms with Gasteiger partial charge in [0.15, 0.2) is 5.76 Å². The van der Waals surface area contributed by atoms with Gasteiger partial charge in [-0.1, -0.05) is 42.5 Å². The van der Waals surface area contributed by atoms with Gasteiger partial charge in [-0.2, -0.15) is 0 Å². The van der Waals surface area contributed by atoms with Gasteiger partial charge < -0.3 is 14.5 Å². The largest absolute Gasteiger partial charge is 0.482 e. The lowest BCUT2D eigenvalue weighted by Gasteiger charge is -2.18. The number of rotatable bonds is 6. The highest BCUT2D eigenvalue weighted by Gasteiger charge is 2.35. The zero-order valence-electron chi connectivity index (χ0n) is 14.4. The number of carbonyl (C=O) groups excluding carboxylic acids is 1. The molecular formula is C21H21NO4. The van der Waals surface area contributed by atoms with E-state index in [0.717, 1.165) is 12.0 Å². The zero-order chi connectivity index (χ0) is 17.9. The summed E-state index contributed by atoms with van der Waals surface area (Å²) in [5.41, 5.74) is 0.591. The van der Waals surface area contributed by atoms with Gasteiger partial charge in [-0.3, -0.25) is 9.59 Å². The lowest BCUT2D eigenvalue weighted by Crippen LogP contribution is -2.31. The minimum atomic E-state index is -0.361. The first-order chi connectivity index (χ1) is 12.7. The van der Waals surface area contributed by atoms with Gasteiger partial charge in [0.05, 0.1) is 0 Å². The van der Waals surface area contributed by atoms with Crippen LogP contribution in [0.3, 0.4) is 0 Å². The van der Waals surface area contributed by atoms with Gasteiger partial charge in [0.1, 0.15) is 12.9 Å². The summed E-state index contributed by atoms with van der Waals surface area (Å²) in [7, 11) is 0. The molecule has 5 nitrogen and oxygen atoms in total. The van der Waals surface area contributed by atoms with Crippen molar-refractivity contribution < 1.29 is 13.9 Å². The summed E-state index contributed by atoms with van der Waals surface area (Å²) in [6.07, 6.45) is 8.06. The van der Waals surface area contributed by atoms with Crippen LogP contribution >= 0.6 is 0 Å². The van der Waals surface area contributed by atoms with Crippen molar-refractivity contribution in [3.05, 3.63) is 76.4 Å². The molecule has 2 aromatic rings. The van der Waals surface area contributed by atoms with Crippen LogP contribution in [0, 0.1) is 17.8 Å². The monoisotopic (exact) mass is 351 g/mol. The topological polar surface area (TPSA) is 68.5 Å². The minimum absolute atomic E-state index is 0.0146. The quantitative estimate of drug-likeness (QED) is 0.812. The fourth-order valence-electron chi connectivity index (χ4n) is 3.80. The first kappa shape index (κ1) is 16.6. The fraction of sp³-hybridized carbons (Fsp3) is 0.333. The van der Waals surface area contributed by atoms with Crippen LogP contribution in [0.5, 0.6) is 5.75 Å². The number of allylic oxidation sites excluding steroid dienone is 2. The zero-order valence-corrected chi connectivity index (χ0v) is 14.4. The van der Waals surface area contributed by atoms with Gasteiger partial charge in [0.25, 0.3) is 5.91 Å². The summed E-state index contributed by atoms with van der Waals surface area (Å²) in [5.74, 6) is 1.48. The van der Waals surface area contributed by atoms with E-state index in [2.05, 4.69) is 17.5 Å². The Balaban J connectivity index is 1.34. The van der Waals surface area contributed by atoms with Crippen LogP contribution in [0.4, 0.5) is 0 Å². The van der Waals surface area contributed by atoms with E-state index in [4.69, 9.17) is 9.15 Å². The Hall–Kier alpha value is -2.82. The molecule has 1 saturated carbocycles. The molecular weight excluding hydrogens is 330 g/mol. The molecule has 1 aromatic heterocycles. The van der Waals surface area contributed by atoms with Gasteiger partial charge >= 0.3 is 0 Å². The van der Waals surface area contributed by atoms with Gasteiger partial charge in [0.2, 0.25) is 11.2 Å². The standard InChI is InChI=1S/C21H21NO4/c23-18-10-19(21(24)22-11-17-9-15-6-7-16(17)8-15)26-13-20(18)25-12-14-4-2-1-3-5-14/h1-7,10,13,15-17H,8-9,11-12H2,(H,22,24)/t15-,16-,17-/m0/s1. The Bertz CT molecular complexity index is 871. The Morgan fingerprint density at radius 2 is 2.04 bits per heavy atom. The van der Waals surface area contributed by atoms with Crippen molar-refractivity contribution in [3.8, 4) is 5.75 Å². The molecule has 134 valence electrons. The number of ether oxygens (including phenoxy) is 1. The minimum Gasteiger partial charge on any atom is -0.482 e. The van der Waals surface area contributed by atoms with E-state index < -0.39 is 0 Å². The van der Waals surface area contributed by atoms with E-state index in [0.29, 0.717) is 24.3 Å². The van der Waals surface area contributed by atoms with E-state index in [1.54, 1.807) is 0 Å². The van der Waals surface area contributed by atoms with Crippen LogP contribution in [0.1, 0.15) is 29.0 Å². The summed E-state index contributed by atoms with van der Waals surface area (Å²) in [4.78, 5) is 24.4. The molecule has 1 amide bonds. The lowest BCUT2D eigenvalue weighted by molar-refractivity contribution is 0.0913. The Morgan fingerprint density at radius 3 is 2.73 bits per heavy atom. The SMILES string of the molecule is O=C(NC[C@@H]1C[C@H]2C=C[C@H]1C2)c1cc(=O)c(OCc2ccccc2)co1. The number of benzene rings is 1. The van der Waals surface area contributed by atoms with Gasteiger partial charge in [-0.15, -0.1) is 0 Å². The third-order valence-corrected chi connectivity index (χ3v) is 5.20. The molecule has 2 aliphatic rings. The highest BCUT2D eigenvalue weighted by molar-refractivity contribution is 5.91. The Morgan fingerprint density at radius 1 is 1.19 bits per heavy atom. The molecule has 1 fully saturated rings. The first-order valence-corrected chi connectivity index (χ1v) is 8.95. The van der Waals surface area contributed by atoms with Crippen molar-refractivity contribution in [3.63, 3.8) is 0 Å². The second kappa shape index (κ2) is 7.20. The van der Waals surface area contributed by atoms with Crippen LogP contribution in [0.2, 0.25) is 0 Å². The fourth-order valence-corrected chi connectivity index (χ4v) is 3.80. The summed E-state index contributed by atoms with van der Waals surface area (Å²) < 4.78 is 10.8. The molecule has 0 aliphatic heterocycles. The third kappa shape index (κ3) is 3.57. The maximum atomic E-state index is 12.2. The van der Waals surface area contributed by atoms with E-state index in [9.17, 15) is 9.59 Å². The average molecular weight is 351 g/mol. The molecule has 26 heavy (non-hydrogen) atoms. The number of hydrogen-bond donors (Lipinski definition) is 1. The molecule has 0 saturated heterocycles. The summed E-state index contributed by atoms with van der Waals surface area (Å²) in [5, 5.41) is 2.88. The molecule has 0 spiro atoms. The molecule has 1 N–H and O–H groups in total. The summed E-state index contributed by atoms with van der Waals surface area (Å²) in [6.45, 7) is 0.884. The maximum Gasteiger partial charge on any atom is 0.287 e. The highest BCUT2D eigenvalue weighted by atomic mass is 16.5. The Labute approximate surface area is 151 Å². The van der Waals surface area contributed by atoms with Crippen molar-refractivity contribution >= 4 is 5.91 Å². The number of nitrogens with one attached hydrogen (secondary N) is 1. The van der Waals surface area contributed by atoms with Crippen LogP contribution in [0.25, 0.3) is 0 Å². The predicted molar refractivity (Wildman–Crippen MR) is 96.9 cm³/mol. The molecule has 5 heteroatoms. The van der Waals surface area contributed by atoms with Crippen molar-refractivity contribution in [1.82, 2.24) is 5.32 Å². The van der Waals surface area contributed by atoms with Crippen LogP contribution in [-0.4, -0.2) is 12.5 Å². The molecule has 1 heterocycles. The van der Waals surface area contributed by atoms with Crippen LogP contribution in [0.15, 0.2) is 64.0 Å². The van der Waals surface area contributed by atoms with Gasteiger partial charge in [0, 0.05) is 12.6 Å². The number of amides is 1. The van der Waals surface area contributed by atoms with Crippen molar-refractivity contribution in [2.75, 3.05) is 6.54 Å². The van der Waals surface area contributed by atoms with E-state index >= 15 is 0 Å². The molecule has 0 radical (unpaired) electrons. The van der Waals surface area contributed by atoms with E-state index in [1.807, 2.05) is 30.3 Å². The molecule has 4 rings (SSSR count). The molecule has 2 aliphatic carbocycles. The summed E-state index contributed by atoms with van der Waals surface area (Å²) >= 11 is 0. The van der Waals surface area contributed by atoms with Crippen molar-refractivity contribution in [1.29, 1.82) is 0 Å². The molecule has 2 bridgehead atoms. The maximum absolute atomic E-state index is 12.2. The number of fused-ring (bicyclic) bond motifs is 2.